The number of aryl methyl sites for hydroxylation is 1. The van der Waals surface area contributed by atoms with Crippen LogP contribution in [0.2, 0.25) is 5.02 Å². The zero-order valence-corrected chi connectivity index (χ0v) is 16.2. The second-order valence-corrected chi connectivity index (χ2v) is 9.09. The first-order valence-electron chi connectivity index (χ1n) is 7.46. The SMILES string of the molecule is COc1ccc(C(=O)c2c[nH]n(C)c2=O)c(Cl)c1N=S(C)(=O)C(C)C. The molecule has 0 aliphatic heterocycles. The standard InChI is InChI=1S/C16H20ClN3O4S/c1-9(2)25(5,23)19-14-12(24-4)7-6-10(13(14)17)15(21)11-8-18-20(3)16(11)22/h6-9,18H,1-5H3. The van der Waals surface area contributed by atoms with Crippen molar-refractivity contribution in [3.63, 3.8) is 0 Å². The van der Waals surface area contributed by atoms with Crippen LogP contribution in [0.25, 0.3) is 0 Å². The molecular formula is C16H20ClN3O4S. The Hall–Kier alpha value is -2.06. The molecular weight excluding hydrogens is 366 g/mol. The Morgan fingerprint density at radius 2 is 2.00 bits per heavy atom. The largest absolute Gasteiger partial charge is 0.494 e. The van der Waals surface area contributed by atoms with Gasteiger partial charge in [0, 0.05) is 30.3 Å². The number of benzene rings is 1. The number of carbonyl (C=O) groups is 1. The molecule has 0 aliphatic carbocycles. The molecule has 0 bridgehead atoms. The van der Waals surface area contributed by atoms with E-state index in [9.17, 15) is 13.8 Å². The monoisotopic (exact) mass is 385 g/mol. The quantitative estimate of drug-likeness (QED) is 0.800. The van der Waals surface area contributed by atoms with Gasteiger partial charge in [-0.2, -0.15) is 4.36 Å². The van der Waals surface area contributed by atoms with Gasteiger partial charge < -0.3 is 9.84 Å². The maximum atomic E-state index is 12.7. The lowest BCUT2D eigenvalue weighted by molar-refractivity contribution is 0.103. The van der Waals surface area contributed by atoms with E-state index in [2.05, 4.69) is 9.46 Å². The average Bonchev–Trinajstić information content (AvgIpc) is 2.88. The molecule has 0 aliphatic rings. The highest BCUT2D eigenvalue weighted by atomic mass is 35.5. The molecule has 1 heterocycles. The highest BCUT2D eigenvalue weighted by Crippen LogP contribution is 2.39. The van der Waals surface area contributed by atoms with E-state index in [0.29, 0.717) is 5.75 Å². The van der Waals surface area contributed by atoms with Crippen molar-refractivity contribution in [3.05, 3.63) is 44.8 Å². The number of ketones is 1. The molecule has 136 valence electrons. The van der Waals surface area contributed by atoms with Gasteiger partial charge in [0.2, 0.25) is 5.78 Å². The van der Waals surface area contributed by atoms with Crippen molar-refractivity contribution >= 4 is 32.8 Å². The topological polar surface area (TPSA) is 93.5 Å². The third-order valence-electron chi connectivity index (χ3n) is 3.87. The first-order valence-corrected chi connectivity index (χ1v) is 9.83. The number of halogens is 1. The fourth-order valence-corrected chi connectivity index (χ4v) is 3.12. The molecule has 2 aromatic rings. The fourth-order valence-electron chi connectivity index (χ4n) is 2.03. The minimum absolute atomic E-state index is 0.00262. The average molecular weight is 386 g/mol. The highest BCUT2D eigenvalue weighted by molar-refractivity contribution is 7.93. The van der Waals surface area contributed by atoms with E-state index < -0.39 is 21.1 Å². The lowest BCUT2D eigenvalue weighted by Gasteiger charge is -2.13. The number of nitrogens with zero attached hydrogens (tertiary/aromatic N) is 2. The number of rotatable bonds is 5. The number of carbonyl (C=O) groups excluding carboxylic acids is 1. The van der Waals surface area contributed by atoms with Crippen LogP contribution in [-0.2, 0) is 16.8 Å². The molecule has 0 amide bonds. The van der Waals surface area contributed by atoms with Gasteiger partial charge in [-0.15, -0.1) is 0 Å². The van der Waals surface area contributed by atoms with E-state index >= 15 is 0 Å². The van der Waals surface area contributed by atoms with Gasteiger partial charge in [-0.3, -0.25) is 14.3 Å². The third-order valence-corrected chi connectivity index (χ3v) is 6.55. The van der Waals surface area contributed by atoms with E-state index in [1.807, 2.05) is 0 Å². The zero-order valence-electron chi connectivity index (χ0n) is 14.6. The van der Waals surface area contributed by atoms with E-state index in [1.54, 1.807) is 13.8 Å². The zero-order chi connectivity index (χ0) is 18.9. The van der Waals surface area contributed by atoms with Crippen LogP contribution in [0.1, 0.15) is 29.8 Å². The lowest BCUT2D eigenvalue weighted by atomic mass is 10.1. The maximum absolute atomic E-state index is 12.7. The molecule has 0 saturated carbocycles. The van der Waals surface area contributed by atoms with Crippen molar-refractivity contribution in [2.45, 2.75) is 19.1 Å². The van der Waals surface area contributed by atoms with Gasteiger partial charge in [0.15, 0.2) is 0 Å². The molecule has 1 N–H and O–H groups in total. The van der Waals surface area contributed by atoms with Crippen LogP contribution in [0.15, 0.2) is 27.5 Å². The Balaban J connectivity index is 2.70. The summed E-state index contributed by atoms with van der Waals surface area (Å²) in [6.45, 7) is 3.56. The first kappa shape index (κ1) is 19.3. The predicted octanol–water partition coefficient (Wildman–Crippen LogP) is 2.74. The van der Waals surface area contributed by atoms with Gasteiger partial charge >= 0.3 is 0 Å². The Kier molecular flexibility index (Phi) is 5.43. The van der Waals surface area contributed by atoms with Crippen LogP contribution in [0.5, 0.6) is 5.75 Å². The van der Waals surface area contributed by atoms with Crippen LogP contribution in [0.4, 0.5) is 5.69 Å². The number of aromatic amines is 1. The Labute approximate surface area is 151 Å². The fraction of sp³-hybridized carbons (Fsp3) is 0.375. The number of hydrogen-bond acceptors (Lipinski definition) is 5. The van der Waals surface area contributed by atoms with Gasteiger partial charge in [0.25, 0.3) is 5.56 Å². The number of hydrogen-bond donors (Lipinski definition) is 1. The maximum Gasteiger partial charge on any atom is 0.277 e. The number of methoxy groups -OCH3 is 1. The second kappa shape index (κ2) is 7.05. The molecule has 0 radical (unpaired) electrons. The molecule has 7 nitrogen and oxygen atoms in total. The summed E-state index contributed by atoms with van der Waals surface area (Å²) in [7, 11) is 0.346. The van der Waals surface area contributed by atoms with Gasteiger partial charge in [-0.25, -0.2) is 4.21 Å². The van der Waals surface area contributed by atoms with Crippen LogP contribution in [-0.4, -0.2) is 38.4 Å². The van der Waals surface area contributed by atoms with Crippen molar-refractivity contribution < 1.29 is 13.7 Å². The first-order chi connectivity index (χ1) is 11.6. The second-order valence-electron chi connectivity index (χ2n) is 5.86. The summed E-state index contributed by atoms with van der Waals surface area (Å²) < 4.78 is 23.3. The van der Waals surface area contributed by atoms with E-state index in [-0.39, 0.29) is 27.1 Å². The normalized spacial score (nSPS) is 13.6. The molecule has 1 atom stereocenters. The number of nitrogens with one attached hydrogen (secondary N) is 1. The molecule has 9 heteroatoms. The molecule has 0 fully saturated rings. The Morgan fingerprint density at radius 1 is 1.36 bits per heavy atom. The van der Waals surface area contributed by atoms with Crippen molar-refractivity contribution in [1.82, 2.24) is 9.78 Å². The van der Waals surface area contributed by atoms with E-state index in [4.69, 9.17) is 16.3 Å². The van der Waals surface area contributed by atoms with Crippen LogP contribution in [0.3, 0.4) is 0 Å². The smallest absolute Gasteiger partial charge is 0.277 e. The number of ether oxygens (including phenoxy) is 1. The summed E-state index contributed by atoms with van der Waals surface area (Å²) in [5.41, 5.74) is -0.265. The summed E-state index contributed by atoms with van der Waals surface area (Å²) in [6.07, 6.45) is 2.84. The van der Waals surface area contributed by atoms with Crippen LogP contribution < -0.4 is 10.3 Å². The number of H-pyrrole nitrogens is 1. The Morgan fingerprint density at radius 3 is 2.48 bits per heavy atom. The summed E-state index contributed by atoms with van der Waals surface area (Å²) in [5, 5.41) is 2.43. The molecule has 1 aromatic heterocycles. The van der Waals surface area contributed by atoms with E-state index in [0.717, 1.165) is 0 Å². The van der Waals surface area contributed by atoms with Gasteiger partial charge in [-0.1, -0.05) is 25.4 Å². The van der Waals surface area contributed by atoms with Crippen molar-refractivity contribution in [2.24, 2.45) is 11.4 Å². The molecule has 2 rings (SSSR count). The van der Waals surface area contributed by atoms with Crippen molar-refractivity contribution in [2.75, 3.05) is 13.4 Å². The predicted molar refractivity (Wildman–Crippen MR) is 98.8 cm³/mol. The highest BCUT2D eigenvalue weighted by Gasteiger charge is 2.23. The number of aromatic nitrogens is 2. The molecule has 25 heavy (non-hydrogen) atoms. The van der Waals surface area contributed by atoms with Crippen LogP contribution >= 0.6 is 11.6 Å². The Bertz CT molecular complexity index is 997. The summed E-state index contributed by atoms with van der Waals surface area (Å²) >= 11 is 6.37. The molecule has 0 spiro atoms. The van der Waals surface area contributed by atoms with Crippen molar-refractivity contribution in [1.29, 1.82) is 0 Å². The summed E-state index contributed by atoms with van der Waals surface area (Å²) in [5.74, 6) is -0.239. The minimum atomic E-state index is -2.59. The van der Waals surface area contributed by atoms with Gasteiger partial charge in [0.1, 0.15) is 17.0 Å². The van der Waals surface area contributed by atoms with E-state index in [1.165, 1.54) is 43.4 Å². The lowest BCUT2D eigenvalue weighted by Crippen LogP contribution is -2.19. The van der Waals surface area contributed by atoms with Gasteiger partial charge in [-0.05, 0) is 12.1 Å². The summed E-state index contributed by atoms with van der Waals surface area (Å²) in [4.78, 5) is 24.7. The van der Waals surface area contributed by atoms with Gasteiger partial charge in [0.05, 0.1) is 21.9 Å². The third kappa shape index (κ3) is 3.64. The molecule has 0 saturated heterocycles. The van der Waals surface area contributed by atoms with Crippen LogP contribution in [0, 0.1) is 0 Å². The van der Waals surface area contributed by atoms with Crippen molar-refractivity contribution in [3.8, 4) is 5.75 Å². The molecule has 1 unspecified atom stereocenters. The minimum Gasteiger partial charge on any atom is -0.494 e. The summed E-state index contributed by atoms with van der Waals surface area (Å²) in [6, 6.07) is 2.98. The molecule has 1 aromatic carbocycles.